The molecule has 1 saturated heterocycles. The highest BCUT2D eigenvalue weighted by Crippen LogP contribution is 2.33. The molecule has 28 heavy (non-hydrogen) atoms. The molecule has 1 aromatic heterocycles. The molecule has 1 N–H and O–H groups in total. The predicted octanol–water partition coefficient (Wildman–Crippen LogP) is 1.22. The van der Waals surface area contributed by atoms with Crippen molar-refractivity contribution in [3.63, 3.8) is 0 Å². The fraction of sp³-hybridized carbons (Fsp3) is 0.421. The molecule has 9 heteroatoms. The normalized spacial score (nSPS) is 22.4. The summed E-state index contributed by atoms with van der Waals surface area (Å²) in [6.07, 6.45) is 3.22. The van der Waals surface area contributed by atoms with Crippen molar-refractivity contribution in [3.8, 4) is 6.07 Å². The van der Waals surface area contributed by atoms with E-state index in [1.54, 1.807) is 24.3 Å². The number of benzene rings is 1. The largest absolute Gasteiger partial charge is 0.340 e. The van der Waals surface area contributed by atoms with E-state index in [9.17, 15) is 18.0 Å². The summed E-state index contributed by atoms with van der Waals surface area (Å²) >= 11 is 0. The molecule has 2 unspecified atom stereocenters. The highest BCUT2D eigenvalue weighted by Gasteiger charge is 2.39. The number of aromatic nitrogens is 1. The maximum absolute atomic E-state index is 12.8. The van der Waals surface area contributed by atoms with E-state index in [0.29, 0.717) is 35.7 Å². The van der Waals surface area contributed by atoms with Crippen molar-refractivity contribution in [1.82, 2.24) is 14.2 Å². The highest BCUT2D eigenvalue weighted by molar-refractivity contribution is 7.91. The quantitative estimate of drug-likeness (QED) is 0.759. The number of hydrogen-bond acceptors (Lipinski definition) is 5. The number of nitrogens with zero attached hydrogens (tertiary/aromatic N) is 3. The van der Waals surface area contributed by atoms with E-state index in [1.165, 1.54) is 15.1 Å². The lowest BCUT2D eigenvalue weighted by Crippen LogP contribution is -2.42. The molecule has 146 valence electrons. The van der Waals surface area contributed by atoms with E-state index < -0.39 is 22.0 Å². The molecule has 2 heterocycles. The Labute approximate surface area is 162 Å². The Kier molecular flexibility index (Phi) is 4.38. The first-order valence-corrected chi connectivity index (χ1v) is 10.7. The lowest BCUT2D eigenvalue weighted by Gasteiger charge is -2.17. The number of nitriles is 1. The first-order valence-electron chi connectivity index (χ1n) is 9.17. The second kappa shape index (κ2) is 6.63. The third-order valence-corrected chi connectivity index (χ3v) is 7.58. The molecule has 0 radical (unpaired) electrons. The minimum absolute atomic E-state index is 0.0101. The van der Waals surface area contributed by atoms with Crippen molar-refractivity contribution >= 4 is 32.7 Å². The molecule has 2 aliphatic rings. The molecule has 2 atom stereocenters. The number of fused-ring (bicyclic) bond motifs is 1. The first-order chi connectivity index (χ1) is 13.3. The second-order valence-corrected chi connectivity index (χ2v) is 9.42. The van der Waals surface area contributed by atoms with Gasteiger partial charge in [-0.1, -0.05) is 6.07 Å². The van der Waals surface area contributed by atoms with Crippen LogP contribution in [0, 0.1) is 11.3 Å². The van der Waals surface area contributed by atoms with Crippen LogP contribution in [0.4, 0.5) is 0 Å². The van der Waals surface area contributed by atoms with Crippen molar-refractivity contribution in [2.24, 2.45) is 0 Å². The lowest BCUT2D eigenvalue weighted by atomic mass is 10.1. The summed E-state index contributed by atoms with van der Waals surface area (Å²) in [5.74, 6) is -0.708. The standard InChI is InChI=1S/C19H20N4O4S/c1-12-11-16(19(25)22(12)10-8-20)21-18(24)15-3-2-4-17-14(15)7-9-23(17)28(26,27)13-5-6-13/h2-4,7,9,12-13,16H,5-6,10-11H2,1H3,(H,21,24). The van der Waals surface area contributed by atoms with E-state index >= 15 is 0 Å². The van der Waals surface area contributed by atoms with Gasteiger partial charge in [0.05, 0.1) is 16.8 Å². The van der Waals surface area contributed by atoms with Crippen LogP contribution in [0.15, 0.2) is 30.5 Å². The van der Waals surface area contributed by atoms with E-state index in [4.69, 9.17) is 5.26 Å². The highest BCUT2D eigenvalue weighted by atomic mass is 32.2. The molecule has 2 aromatic rings. The Morgan fingerprint density at radius 2 is 2.07 bits per heavy atom. The van der Waals surface area contributed by atoms with Crippen LogP contribution in [0.25, 0.3) is 10.9 Å². The average molecular weight is 400 g/mol. The van der Waals surface area contributed by atoms with Crippen LogP contribution in [0.1, 0.15) is 36.5 Å². The minimum Gasteiger partial charge on any atom is -0.340 e. The Morgan fingerprint density at radius 3 is 2.75 bits per heavy atom. The molecule has 1 saturated carbocycles. The molecule has 4 rings (SSSR count). The number of amides is 2. The second-order valence-electron chi connectivity index (χ2n) is 7.33. The summed E-state index contributed by atoms with van der Waals surface area (Å²) in [7, 11) is -3.45. The number of carbonyl (C=O) groups is 2. The molecule has 1 aliphatic heterocycles. The van der Waals surface area contributed by atoms with E-state index in [0.717, 1.165) is 0 Å². The summed E-state index contributed by atoms with van der Waals surface area (Å²) in [5, 5.41) is 11.8. The topological polar surface area (TPSA) is 112 Å². The monoisotopic (exact) mass is 400 g/mol. The molecule has 2 fully saturated rings. The van der Waals surface area contributed by atoms with Crippen LogP contribution in [0.2, 0.25) is 0 Å². The van der Waals surface area contributed by atoms with Crippen LogP contribution in [0.3, 0.4) is 0 Å². The molecular formula is C19H20N4O4S. The number of carbonyl (C=O) groups excluding carboxylic acids is 2. The SMILES string of the molecule is CC1CC(NC(=O)c2cccc3c2ccn3S(=O)(=O)C2CC2)C(=O)N1CC#N. The van der Waals surface area contributed by atoms with Crippen molar-refractivity contribution in [1.29, 1.82) is 5.26 Å². The molecular weight excluding hydrogens is 380 g/mol. The predicted molar refractivity (Wildman–Crippen MR) is 102 cm³/mol. The van der Waals surface area contributed by atoms with Gasteiger partial charge in [-0.2, -0.15) is 5.26 Å². The summed E-state index contributed by atoms with van der Waals surface area (Å²) in [4.78, 5) is 26.7. The molecule has 0 spiro atoms. The summed E-state index contributed by atoms with van der Waals surface area (Å²) < 4.78 is 26.4. The van der Waals surface area contributed by atoms with Crippen LogP contribution in [-0.2, 0) is 14.8 Å². The molecule has 1 aromatic carbocycles. The summed E-state index contributed by atoms with van der Waals surface area (Å²) in [6, 6.07) is 7.68. The maximum Gasteiger partial charge on any atom is 0.252 e. The maximum atomic E-state index is 12.8. The molecule has 1 aliphatic carbocycles. The van der Waals surface area contributed by atoms with Gasteiger partial charge in [0.15, 0.2) is 0 Å². The van der Waals surface area contributed by atoms with Gasteiger partial charge in [0.2, 0.25) is 15.9 Å². The van der Waals surface area contributed by atoms with Gasteiger partial charge in [-0.05, 0) is 44.4 Å². The summed E-state index contributed by atoms with van der Waals surface area (Å²) in [6.45, 7) is 1.83. The van der Waals surface area contributed by atoms with Gasteiger partial charge >= 0.3 is 0 Å². The Balaban J connectivity index is 1.62. The fourth-order valence-electron chi connectivity index (χ4n) is 3.74. The van der Waals surface area contributed by atoms with Crippen molar-refractivity contribution < 1.29 is 18.0 Å². The van der Waals surface area contributed by atoms with Crippen LogP contribution < -0.4 is 5.32 Å². The van der Waals surface area contributed by atoms with Gasteiger partial charge in [-0.15, -0.1) is 0 Å². The number of nitrogens with one attached hydrogen (secondary N) is 1. The van der Waals surface area contributed by atoms with Crippen LogP contribution in [-0.4, -0.2) is 53.0 Å². The molecule has 0 bridgehead atoms. The van der Waals surface area contributed by atoms with Crippen molar-refractivity contribution in [2.75, 3.05) is 6.54 Å². The third-order valence-electron chi connectivity index (χ3n) is 5.40. The fourth-order valence-corrected chi connectivity index (χ4v) is 5.46. The summed E-state index contributed by atoms with van der Waals surface area (Å²) in [5.41, 5.74) is 0.776. The zero-order valence-electron chi connectivity index (χ0n) is 15.3. The third kappa shape index (κ3) is 2.94. The first kappa shape index (κ1) is 18.5. The van der Waals surface area contributed by atoms with E-state index in [2.05, 4.69) is 5.32 Å². The zero-order valence-corrected chi connectivity index (χ0v) is 16.1. The van der Waals surface area contributed by atoms with Gasteiger partial charge in [-0.3, -0.25) is 9.59 Å². The van der Waals surface area contributed by atoms with E-state index in [-0.39, 0.29) is 23.7 Å². The van der Waals surface area contributed by atoms with Crippen molar-refractivity contribution in [3.05, 3.63) is 36.0 Å². The molecule has 8 nitrogen and oxygen atoms in total. The van der Waals surface area contributed by atoms with Crippen molar-refractivity contribution in [2.45, 2.75) is 43.5 Å². The minimum atomic E-state index is -3.45. The smallest absolute Gasteiger partial charge is 0.252 e. The average Bonchev–Trinajstić information content (AvgIpc) is 3.38. The van der Waals surface area contributed by atoms with Crippen LogP contribution in [0.5, 0.6) is 0 Å². The lowest BCUT2D eigenvalue weighted by molar-refractivity contribution is -0.129. The van der Waals surface area contributed by atoms with Gasteiger partial charge in [-0.25, -0.2) is 12.4 Å². The number of rotatable bonds is 5. The molecule has 2 amide bonds. The number of hydrogen-bond donors (Lipinski definition) is 1. The van der Waals surface area contributed by atoms with Crippen LogP contribution >= 0.6 is 0 Å². The zero-order chi connectivity index (χ0) is 20.1. The van der Waals surface area contributed by atoms with Gasteiger partial charge in [0.25, 0.3) is 5.91 Å². The van der Waals surface area contributed by atoms with Gasteiger partial charge in [0, 0.05) is 23.2 Å². The van der Waals surface area contributed by atoms with Gasteiger partial charge in [0.1, 0.15) is 12.6 Å². The number of likely N-dealkylation sites (tertiary alicyclic amines) is 1. The Hall–Kier alpha value is -2.86. The Morgan fingerprint density at radius 1 is 1.32 bits per heavy atom. The van der Waals surface area contributed by atoms with E-state index in [1.807, 2.05) is 13.0 Å². The Bertz CT molecular complexity index is 1110. The van der Waals surface area contributed by atoms with Gasteiger partial charge < -0.3 is 10.2 Å².